The van der Waals surface area contributed by atoms with Gasteiger partial charge in [0.25, 0.3) is 5.56 Å². The largest absolute Gasteiger partial charge is 0.466 e. The number of aromatic nitrogens is 2. The lowest BCUT2D eigenvalue weighted by Crippen LogP contribution is -2.26. The van der Waals surface area contributed by atoms with Gasteiger partial charge in [0.2, 0.25) is 5.58 Å². The Morgan fingerprint density at radius 2 is 2.35 bits per heavy atom. The van der Waals surface area contributed by atoms with Crippen LogP contribution in [0.25, 0.3) is 22.1 Å². The number of fused-ring (bicyclic) bond motifs is 3. The maximum absolute atomic E-state index is 12.4. The molecule has 0 saturated carbocycles. The highest BCUT2D eigenvalue weighted by Gasteiger charge is 2.29. The SMILES string of the molecule is CCOC(=O)C1CCN(Cc2nc3c(oc4ccc(Br)cc43)c(=O)[nH]2)C1. The van der Waals surface area contributed by atoms with Crippen LogP contribution in [0.2, 0.25) is 0 Å². The van der Waals surface area contributed by atoms with Crippen LogP contribution in [0.5, 0.6) is 0 Å². The van der Waals surface area contributed by atoms with Crippen LogP contribution in [0, 0.1) is 5.92 Å². The molecule has 1 atom stereocenters. The number of halogens is 1. The molecular formula is C18H18BrN3O4. The number of rotatable bonds is 4. The third-order valence-electron chi connectivity index (χ3n) is 4.60. The van der Waals surface area contributed by atoms with Crippen LogP contribution in [0.3, 0.4) is 0 Å². The Kier molecular flexibility index (Phi) is 4.54. The molecule has 136 valence electrons. The van der Waals surface area contributed by atoms with Gasteiger partial charge >= 0.3 is 5.97 Å². The first-order valence-corrected chi connectivity index (χ1v) is 9.34. The lowest BCUT2D eigenvalue weighted by molar-refractivity contribution is -0.147. The molecule has 0 amide bonds. The number of hydrogen-bond acceptors (Lipinski definition) is 6. The van der Waals surface area contributed by atoms with Gasteiger partial charge in [-0.2, -0.15) is 0 Å². The van der Waals surface area contributed by atoms with Crippen LogP contribution < -0.4 is 5.56 Å². The number of esters is 1. The zero-order valence-corrected chi connectivity index (χ0v) is 15.8. The minimum Gasteiger partial charge on any atom is -0.466 e. The Morgan fingerprint density at radius 1 is 1.50 bits per heavy atom. The molecule has 3 heterocycles. The van der Waals surface area contributed by atoms with Crippen molar-refractivity contribution in [1.29, 1.82) is 0 Å². The first-order chi connectivity index (χ1) is 12.5. The summed E-state index contributed by atoms with van der Waals surface area (Å²) in [6.07, 6.45) is 0.757. The Morgan fingerprint density at radius 3 is 3.15 bits per heavy atom. The molecule has 3 aromatic rings. The quantitative estimate of drug-likeness (QED) is 0.654. The van der Waals surface area contributed by atoms with E-state index in [1.54, 1.807) is 0 Å². The summed E-state index contributed by atoms with van der Waals surface area (Å²) in [5.41, 5.74) is 1.12. The molecule has 1 unspecified atom stereocenters. The van der Waals surface area contributed by atoms with Crippen LogP contribution in [0.15, 0.2) is 31.9 Å². The molecule has 0 radical (unpaired) electrons. The lowest BCUT2D eigenvalue weighted by atomic mass is 10.1. The number of hydrogen-bond donors (Lipinski definition) is 1. The molecule has 8 heteroatoms. The summed E-state index contributed by atoms with van der Waals surface area (Å²) >= 11 is 3.44. The maximum Gasteiger partial charge on any atom is 0.310 e. The van der Waals surface area contributed by atoms with Gasteiger partial charge < -0.3 is 14.1 Å². The first kappa shape index (κ1) is 17.2. The average Bonchev–Trinajstić information content (AvgIpc) is 3.20. The molecule has 4 rings (SSSR count). The van der Waals surface area contributed by atoms with Crippen LogP contribution in [-0.2, 0) is 16.1 Å². The van der Waals surface area contributed by atoms with Crippen LogP contribution in [0.1, 0.15) is 19.2 Å². The third-order valence-corrected chi connectivity index (χ3v) is 5.09. The molecule has 0 aliphatic carbocycles. The summed E-state index contributed by atoms with van der Waals surface area (Å²) in [6.45, 7) is 4.05. The Labute approximate surface area is 157 Å². The predicted molar refractivity (Wildman–Crippen MR) is 99.9 cm³/mol. The van der Waals surface area contributed by atoms with E-state index < -0.39 is 0 Å². The number of aromatic amines is 1. The van der Waals surface area contributed by atoms with E-state index >= 15 is 0 Å². The van der Waals surface area contributed by atoms with Crippen molar-refractivity contribution >= 4 is 44.0 Å². The topological polar surface area (TPSA) is 88.4 Å². The van der Waals surface area contributed by atoms with Gasteiger partial charge in [-0.15, -0.1) is 0 Å². The zero-order chi connectivity index (χ0) is 18.3. The highest BCUT2D eigenvalue weighted by Crippen LogP contribution is 2.28. The van der Waals surface area contributed by atoms with Gasteiger partial charge in [-0.05, 0) is 38.1 Å². The smallest absolute Gasteiger partial charge is 0.310 e. The number of carbonyl (C=O) groups excluding carboxylic acids is 1. The Bertz CT molecular complexity index is 1040. The second kappa shape index (κ2) is 6.85. The van der Waals surface area contributed by atoms with Crippen molar-refractivity contribution < 1.29 is 13.9 Å². The maximum atomic E-state index is 12.4. The molecule has 1 saturated heterocycles. The van der Waals surface area contributed by atoms with Gasteiger partial charge in [0.05, 0.1) is 19.1 Å². The minimum atomic E-state index is -0.293. The fourth-order valence-electron chi connectivity index (χ4n) is 3.39. The Hall–Kier alpha value is -2.19. The van der Waals surface area contributed by atoms with Crippen molar-refractivity contribution in [2.75, 3.05) is 19.7 Å². The van der Waals surface area contributed by atoms with Crippen LogP contribution in [-0.4, -0.2) is 40.5 Å². The number of likely N-dealkylation sites (tertiary alicyclic amines) is 1. The van der Waals surface area contributed by atoms with Crippen molar-refractivity contribution in [2.24, 2.45) is 5.92 Å². The molecule has 1 N–H and O–H groups in total. The van der Waals surface area contributed by atoms with Crippen molar-refractivity contribution in [3.63, 3.8) is 0 Å². The van der Waals surface area contributed by atoms with Gasteiger partial charge in [-0.25, -0.2) is 4.98 Å². The number of carbonyl (C=O) groups is 1. The summed E-state index contributed by atoms with van der Waals surface area (Å²) in [5.74, 6) is 0.295. The summed E-state index contributed by atoms with van der Waals surface area (Å²) in [6, 6.07) is 5.56. The molecule has 0 bridgehead atoms. The van der Waals surface area contributed by atoms with E-state index in [1.165, 1.54) is 0 Å². The number of furan rings is 1. The molecule has 7 nitrogen and oxygen atoms in total. The number of benzene rings is 1. The number of H-pyrrole nitrogens is 1. The van der Waals surface area contributed by atoms with Crippen LogP contribution >= 0.6 is 15.9 Å². The van der Waals surface area contributed by atoms with Crippen molar-refractivity contribution in [3.8, 4) is 0 Å². The van der Waals surface area contributed by atoms with Gasteiger partial charge in [-0.1, -0.05) is 15.9 Å². The lowest BCUT2D eigenvalue weighted by Gasteiger charge is -2.14. The highest BCUT2D eigenvalue weighted by atomic mass is 79.9. The fourth-order valence-corrected chi connectivity index (χ4v) is 3.75. The Balaban J connectivity index is 1.61. The van der Waals surface area contributed by atoms with E-state index in [0.717, 1.165) is 22.8 Å². The summed E-state index contributed by atoms with van der Waals surface area (Å²) in [7, 11) is 0. The van der Waals surface area contributed by atoms with Gasteiger partial charge in [-0.3, -0.25) is 14.5 Å². The number of nitrogens with zero attached hydrogens (tertiary/aromatic N) is 2. The summed E-state index contributed by atoms with van der Waals surface area (Å²) in [5, 5.41) is 0.799. The van der Waals surface area contributed by atoms with E-state index in [2.05, 4.69) is 30.8 Å². The molecule has 1 fully saturated rings. The highest BCUT2D eigenvalue weighted by molar-refractivity contribution is 9.10. The molecule has 1 aliphatic heterocycles. The first-order valence-electron chi connectivity index (χ1n) is 8.55. The molecule has 1 aromatic carbocycles. The van der Waals surface area contributed by atoms with Crippen molar-refractivity contribution in [3.05, 3.63) is 38.9 Å². The number of nitrogens with one attached hydrogen (secondary N) is 1. The molecule has 1 aliphatic rings. The normalized spacial score (nSPS) is 18.0. The van der Waals surface area contributed by atoms with Crippen molar-refractivity contribution in [2.45, 2.75) is 19.9 Å². The van der Waals surface area contributed by atoms with Gasteiger partial charge in [0.1, 0.15) is 16.9 Å². The van der Waals surface area contributed by atoms with E-state index in [-0.39, 0.29) is 23.0 Å². The monoisotopic (exact) mass is 419 g/mol. The second-order valence-electron chi connectivity index (χ2n) is 6.41. The average molecular weight is 420 g/mol. The van der Waals surface area contributed by atoms with E-state index in [1.807, 2.05) is 25.1 Å². The number of ether oxygens (including phenoxy) is 1. The van der Waals surface area contributed by atoms with Crippen molar-refractivity contribution in [1.82, 2.24) is 14.9 Å². The van der Waals surface area contributed by atoms with Crippen LogP contribution in [0.4, 0.5) is 0 Å². The van der Waals surface area contributed by atoms with E-state index in [4.69, 9.17) is 9.15 Å². The van der Waals surface area contributed by atoms with Gasteiger partial charge in [0.15, 0.2) is 0 Å². The minimum absolute atomic E-state index is 0.115. The summed E-state index contributed by atoms with van der Waals surface area (Å²) < 4.78 is 11.6. The molecule has 2 aromatic heterocycles. The standard InChI is InChI=1S/C18H18BrN3O4/c1-2-25-18(24)10-5-6-22(8-10)9-14-20-15-12-7-11(19)3-4-13(12)26-16(15)17(23)21-14/h3-4,7,10H,2,5-6,8-9H2,1H3,(H,20,21,23). The molecule has 0 spiro atoms. The third kappa shape index (κ3) is 3.14. The van der Waals surface area contributed by atoms with Gasteiger partial charge in [0, 0.05) is 16.4 Å². The molecule has 26 heavy (non-hydrogen) atoms. The molecular weight excluding hydrogens is 402 g/mol. The van der Waals surface area contributed by atoms with E-state index in [0.29, 0.717) is 36.6 Å². The fraction of sp³-hybridized carbons (Fsp3) is 0.389. The summed E-state index contributed by atoms with van der Waals surface area (Å²) in [4.78, 5) is 33.8. The predicted octanol–water partition coefficient (Wildman–Crippen LogP) is 2.82. The van der Waals surface area contributed by atoms with E-state index in [9.17, 15) is 9.59 Å². The zero-order valence-electron chi connectivity index (χ0n) is 14.3. The second-order valence-corrected chi connectivity index (χ2v) is 7.32.